The highest BCUT2D eigenvalue weighted by Gasteiger charge is 2.37. The summed E-state index contributed by atoms with van der Waals surface area (Å²) >= 11 is 0. The Morgan fingerprint density at radius 2 is 1.51 bits per heavy atom. The van der Waals surface area contributed by atoms with Gasteiger partial charge < -0.3 is 21.1 Å². The molecule has 35 heavy (non-hydrogen) atoms. The topological polar surface area (TPSA) is 91.5 Å². The molecule has 1 fully saturated rings. The molecule has 1 aliphatic heterocycles. The predicted octanol–water partition coefficient (Wildman–Crippen LogP) is 4.91. The van der Waals surface area contributed by atoms with Gasteiger partial charge in [0.2, 0.25) is 0 Å². The van der Waals surface area contributed by atoms with Gasteiger partial charge in [0, 0.05) is 42.8 Å². The van der Waals surface area contributed by atoms with Crippen molar-refractivity contribution in [2.45, 2.75) is 59.1 Å². The van der Waals surface area contributed by atoms with Gasteiger partial charge in [-0.25, -0.2) is 0 Å². The maximum atomic E-state index is 13.6. The molecule has 3 aromatic rings. The summed E-state index contributed by atoms with van der Waals surface area (Å²) in [5.41, 5.74) is 13.7. The molecule has 4 rings (SSSR count). The van der Waals surface area contributed by atoms with Crippen LogP contribution in [0.15, 0.2) is 48.8 Å². The third-order valence-corrected chi connectivity index (χ3v) is 6.97. The first-order chi connectivity index (χ1) is 16.6. The molecule has 1 atom stereocenters. The van der Waals surface area contributed by atoms with Crippen molar-refractivity contribution in [1.82, 2.24) is 4.98 Å². The summed E-state index contributed by atoms with van der Waals surface area (Å²) in [6.45, 7) is 11.2. The summed E-state index contributed by atoms with van der Waals surface area (Å²) < 4.78 is 0. The molecule has 0 bridgehead atoms. The number of nitrogens with one attached hydrogen (secondary N) is 1. The fourth-order valence-electron chi connectivity index (χ4n) is 5.12. The predicted molar refractivity (Wildman–Crippen MR) is 143 cm³/mol. The Hall–Kier alpha value is -3.22. The molecule has 1 amide bonds. The van der Waals surface area contributed by atoms with Crippen LogP contribution in [0, 0.1) is 27.7 Å². The third kappa shape index (κ3) is 5.39. The van der Waals surface area contributed by atoms with E-state index in [-0.39, 0.29) is 11.9 Å². The van der Waals surface area contributed by atoms with Crippen LogP contribution < -0.4 is 16.0 Å². The Kier molecular flexibility index (Phi) is 6.97. The van der Waals surface area contributed by atoms with Crippen molar-refractivity contribution in [2.75, 3.05) is 23.3 Å². The first-order valence-electron chi connectivity index (χ1n) is 12.2. The summed E-state index contributed by atoms with van der Waals surface area (Å²) in [7, 11) is 0. The van der Waals surface area contributed by atoms with Gasteiger partial charge in [-0.15, -0.1) is 0 Å². The number of aliphatic hydroxyl groups is 1. The number of carbonyl (C=O) groups excluding carboxylic acids is 1. The van der Waals surface area contributed by atoms with E-state index < -0.39 is 5.60 Å². The van der Waals surface area contributed by atoms with E-state index in [1.165, 1.54) is 0 Å². The van der Waals surface area contributed by atoms with Crippen LogP contribution in [0.2, 0.25) is 0 Å². The van der Waals surface area contributed by atoms with Gasteiger partial charge in [-0.1, -0.05) is 35.4 Å². The first-order valence-corrected chi connectivity index (χ1v) is 12.2. The molecular weight excluding hydrogens is 436 g/mol. The zero-order valence-corrected chi connectivity index (χ0v) is 21.4. The zero-order valence-electron chi connectivity index (χ0n) is 21.4. The van der Waals surface area contributed by atoms with Gasteiger partial charge in [0.05, 0.1) is 16.9 Å². The maximum Gasteiger partial charge on any atom is 0.259 e. The Balaban J connectivity index is 1.78. The van der Waals surface area contributed by atoms with Gasteiger partial charge >= 0.3 is 0 Å². The molecule has 184 valence electrons. The zero-order chi connectivity index (χ0) is 25.3. The van der Waals surface area contributed by atoms with Crippen molar-refractivity contribution >= 4 is 17.3 Å². The SMILES string of the molecule is Cc1cc(C)cc(NC(=O)c2cncc(-c3cc(C)cc(C)c3)c2N2CCC(O)(C(C)N)CC2)c1. The van der Waals surface area contributed by atoms with Gasteiger partial charge in [0.15, 0.2) is 0 Å². The lowest BCUT2D eigenvalue weighted by Gasteiger charge is -2.42. The fourth-order valence-corrected chi connectivity index (χ4v) is 5.12. The van der Waals surface area contributed by atoms with Gasteiger partial charge in [0.1, 0.15) is 0 Å². The fraction of sp³-hybridized carbons (Fsp3) is 0.379. The van der Waals surface area contributed by atoms with Gasteiger partial charge in [-0.2, -0.15) is 0 Å². The molecular formula is C29H36N4O2. The molecule has 2 heterocycles. The van der Waals surface area contributed by atoms with E-state index in [0.29, 0.717) is 31.5 Å². The van der Waals surface area contributed by atoms with Gasteiger partial charge in [0.25, 0.3) is 5.91 Å². The van der Waals surface area contributed by atoms with E-state index in [1.54, 1.807) is 6.20 Å². The van der Waals surface area contributed by atoms with E-state index in [9.17, 15) is 9.90 Å². The molecule has 0 spiro atoms. The molecule has 6 nitrogen and oxygen atoms in total. The molecule has 6 heteroatoms. The third-order valence-electron chi connectivity index (χ3n) is 6.97. The summed E-state index contributed by atoms with van der Waals surface area (Å²) in [5, 5.41) is 14.0. The Bertz CT molecular complexity index is 1200. The molecule has 2 aromatic carbocycles. The average Bonchev–Trinajstić information content (AvgIpc) is 2.77. The number of piperidine rings is 1. The van der Waals surface area contributed by atoms with Crippen LogP contribution in [0.1, 0.15) is 52.4 Å². The lowest BCUT2D eigenvalue weighted by atomic mass is 9.85. The monoisotopic (exact) mass is 472 g/mol. The summed E-state index contributed by atoms with van der Waals surface area (Å²) in [5.74, 6) is -0.197. The number of nitrogens with zero attached hydrogens (tertiary/aromatic N) is 2. The minimum absolute atomic E-state index is 0.197. The van der Waals surface area contributed by atoms with E-state index in [1.807, 2.05) is 39.1 Å². The van der Waals surface area contributed by atoms with Crippen molar-refractivity contribution < 1.29 is 9.90 Å². The van der Waals surface area contributed by atoms with E-state index in [0.717, 1.165) is 44.8 Å². The molecule has 0 radical (unpaired) electrons. The second-order valence-corrected chi connectivity index (χ2v) is 10.2. The molecule has 1 saturated heterocycles. The highest BCUT2D eigenvalue weighted by molar-refractivity contribution is 6.10. The Morgan fingerprint density at radius 1 is 0.971 bits per heavy atom. The molecule has 1 aromatic heterocycles. The smallest absolute Gasteiger partial charge is 0.259 e. The van der Waals surface area contributed by atoms with Crippen LogP contribution >= 0.6 is 0 Å². The molecule has 0 saturated carbocycles. The number of rotatable bonds is 5. The van der Waals surface area contributed by atoms with Gasteiger partial charge in [-0.05, 0) is 76.3 Å². The van der Waals surface area contributed by atoms with E-state index in [2.05, 4.69) is 53.3 Å². The number of amides is 1. The number of benzene rings is 2. The van der Waals surface area contributed by atoms with Crippen LogP contribution in [-0.4, -0.2) is 40.7 Å². The Labute approximate surface area is 208 Å². The largest absolute Gasteiger partial charge is 0.388 e. The highest BCUT2D eigenvalue weighted by atomic mass is 16.3. The number of hydrogen-bond acceptors (Lipinski definition) is 5. The van der Waals surface area contributed by atoms with E-state index in [4.69, 9.17) is 5.73 Å². The minimum atomic E-state index is -0.898. The molecule has 4 N–H and O–H groups in total. The second-order valence-electron chi connectivity index (χ2n) is 10.2. The van der Waals surface area contributed by atoms with Crippen LogP contribution in [0.25, 0.3) is 11.1 Å². The number of aromatic nitrogens is 1. The number of aryl methyl sites for hydroxylation is 4. The lowest BCUT2D eigenvalue weighted by molar-refractivity contribution is -0.00307. The average molecular weight is 473 g/mol. The summed E-state index contributed by atoms with van der Waals surface area (Å²) in [6.07, 6.45) is 4.56. The summed E-state index contributed by atoms with van der Waals surface area (Å²) in [4.78, 5) is 20.3. The first kappa shape index (κ1) is 24.9. The number of hydrogen-bond donors (Lipinski definition) is 3. The van der Waals surface area contributed by atoms with Crippen LogP contribution in [0.3, 0.4) is 0 Å². The maximum absolute atomic E-state index is 13.6. The Morgan fingerprint density at radius 3 is 2.06 bits per heavy atom. The van der Waals surface area contributed by atoms with Crippen molar-refractivity contribution in [2.24, 2.45) is 5.73 Å². The van der Waals surface area contributed by atoms with Crippen LogP contribution in [-0.2, 0) is 0 Å². The number of nitrogens with two attached hydrogens (primary N) is 1. The molecule has 1 aliphatic rings. The van der Waals surface area contributed by atoms with Crippen LogP contribution in [0.4, 0.5) is 11.4 Å². The highest BCUT2D eigenvalue weighted by Crippen LogP contribution is 2.38. The van der Waals surface area contributed by atoms with Crippen molar-refractivity contribution in [3.63, 3.8) is 0 Å². The second kappa shape index (κ2) is 9.80. The van der Waals surface area contributed by atoms with Crippen molar-refractivity contribution in [3.8, 4) is 11.1 Å². The molecule has 0 aliphatic carbocycles. The van der Waals surface area contributed by atoms with Crippen molar-refractivity contribution in [1.29, 1.82) is 0 Å². The van der Waals surface area contributed by atoms with E-state index >= 15 is 0 Å². The minimum Gasteiger partial charge on any atom is -0.388 e. The van der Waals surface area contributed by atoms with Gasteiger partial charge in [-0.3, -0.25) is 9.78 Å². The standard InChI is InChI=1S/C29H36N4O2/c1-18-10-19(2)13-23(12-18)25-16-31-17-26(28(34)32-24-14-20(3)11-21(4)15-24)27(25)33-8-6-29(35,7-9-33)22(5)30/h10-17,22,35H,6-9,30H2,1-5H3,(H,32,34). The summed E-state index contributed by atoms with van der Waals surface area (Å²) in [6, 6.07) is 12.1. The van der Waals surface area contributed by atoms with Crippen LogP contribution in [0.5, 0.6) is 0 Å². The molecule has 1 unspecified atom stereocenters. The quantitative estimate of drug-likeness (QED) is 0.491. The number of anilines is 2. The van der Waals surface area contributed by atoms with Crippen molar-refractivity contribution in [3.05, 3.63) is 76.6 Å². The number of pyridine rings is 1. The normalized spacial score (nSPS) is 16.1. The number of carbonyl (C=O) groups is 1. The lowest BCUT2D eigenvalue weighted by Crippen LogP contribution is -2.54.